The fraction of sp³-hybridized carbons (Fsp3) is 0.118. The van der Waals surface area contributed by atoms with Crippen LogP contribution in [0.15, 0.2) is 58.2 Å². The third-order valence-electron chi connectivity index (χ3n) is 3.33. The minimum atomic E-state index is -3.35. The number of anilines is 1. The van der Waals surface area contributed by atoms with E-state index in [1.807, 2.05) is 0 Å². The van der Waals surface area contributed by atoms with Crippen LogP contribution >= 0.6 is 23.4 Å². The summed E-state index contributed by atoms with van der Waals surface area (Å²) in [5, 5.41) is 8.76. The second kappa shape index (κ2) is 8.12. The van der Waals surface area contributed by atoms with E-state index in [1.165, 1.54) is 12.1 Å². The zero-order valence-corrected chi connectivity index (χ0v) is 16.4. The van der Waals surface area contributed by atoms with Gasteiger partial charge < -0.3 is 4.42 Å². The number of ketones is 1. The van der Waals surface area contributed by atoms with E-state index in [1.54, 1.807) is 36.4 Å². The number of hydrogen-bond donors (Lipinski definition) is 1. The van der Waals surface area contributed by atoms with Crippen molar-refractivity contribution in [1.82, 2.24) is 10.2 Å². The second-order valence-corrected chi connectivity index (χ2v) is 8.65. The molecule has 3 aromatic rings. The monoisotopic (exact) mass is 423 g/mol. The van der Waals surface area contributed by atoms with Gasteiger partial charge in [-0.15, -0.1) is 10.2 Å². The molecule has 0 spiro atoms. The van der Waals surface area contributed by atoms with E-state index in [0.717, 1.165) is 23.6 Å². The highest BCUT2D eigenvalue weighted by molar-refractivity contribution is 7.99. The van der Waals surface area contributed by atoms with Crippen LogP contribution in [0.25, 0.3) is 11.5 Å². The number of sulfonamides is 1. The molecular weight excluding hydrogens is 410 g/mol. The highest BCUT2D eigenvalue weighted by Gasteiger charge is 2.13. The van der Waals surface area contributed by atoms with Crippen molar-refractivity contribution in [2.45, 2.75) is 5.22 Å². The number of nitrogens with zero attached hydrogens (tertiary/aromatic N) is 2. The first kappa shape index (κ1) is 19.4. The third kappa shape index (κ3) is 5.56. The van der Waals surface area contributed by atoms with Crippen molar-refractivity contribution < 1.29 is 17.6 Å². The predicted octanol–water partition coefficient (Wildman–Crippen LogP) is 3.74. The quantitative estimate of drug-likeness (QED) is 0.456. The molecule has 0 amide bonds. The molecule has 1 aromatic heterocycles. The van der Waals surface area contributed by atoms with Crippen molar-refractivity contribution in [3.8, 4) is 11.5 Å². The Morgan fingerprint density at radius 3 is 2.41 bits per heavy atom. The molecule has 0 saturated carbocycles. The summed E-state index contributed by atoms with van der Waals surface area (Å²) in [5.41, 5.74) is 1.59. The van der Waals surface area contributed by atoms with Gasteiger partial charge in [0.15, 0.2) is 5.78 Å². The van der Waals surface area contributed by atoms with Crippen molar-refractivity contribution in [3.05, 3.63) is 59.1 Å². The minimum Gasteiger partial charge on any atom is -0.411 e. The van der Waals surface area contributed by atoms with Crippen LogP contribution in [0.5, 0.6) is 0 Å². The molecule has 2 aromatic carbocycles. The van der Waals surface area contributed by atoms with Gasteiger partial charge in [-0.25, -0.2) is 8.42 Å². The van der Waals surface area contributed by atoms with E-state index in [4.69, 9.17) is 16.0 Å². The highest BCUT2D eigenvalue weighted by Crippen LogP contribution is 2.25. The molecular formula is C17H14ClN3O4S2. The molecule has 0 aliphatic heterocycles. The second-order valence-electron chi connectivity index (χ2n) is 5.54. The van der Waals surface area contributed by atoms with Crippen LogP contribution in [0, 0.1) is 0 Å². The Balaban J connectivity index is 1.60. The Hall–Kier alpha value is -2.36. The van der Waals surface area contributed by atoms with E-state index in [0.29, 0.717) is 22.2 Å². The fourth-order valence-electron chi connectivity index (χ4n) is 2.13. The molecule has 27 heavy (non-hydrogen) atoms. The lowest BCUT2D eigenvalue weighted by Crippen LogP contribution is -2.10. The summed E-state index contributed by atoms with van der Waals surface area (Å²) in [6.45, 7) is 0. The van der Waals surface area contributed by atoms with Crippen molar-refractivity contribution in [2.24, 2.45) is 0 Å². The van der Waals surface area contributed by atoms with Crippen LogP contribution in [0.1, 0.15) is 10.4 Å². The molecule has 3 rings (SSSR count). The average Bonchev–Trinajstić information content (AvgIpc) is 3.08. The van der Waals surface area contributed by atoms with Gasteiger partial charge in [-0.3, -0.25) is 9.52 Å². The van der Waals surface area contributed by atoms with Crippen molar-refractivity contribution in [1.29, 1.82) is 0 Å². The van der Waals surface area contributed by atoms with Crippen LogP contribution in [0.4, 0.5) is 5.69 Å². The van der Waals surface area contributed by atoms with Gasteiger partial charge in [-0.2, -0.15) is 0 Å². The lowest BCUT2D eigenvalue weighted by molar-refractivity contribution is 0.102. The lowest BCUT2D eigenvalue weighted by Gasteiger charge is -2.04. The largest absolute Gasteiger partial charge is 0.411 e. The van der Waals surface area contributed by atoms with Gasteiger partial charge in [0.05, 0.1) is 12.0 Å². The maximum Gasteiger partial charge on any atom is 0.277 e. The van der Waals surface area contributed by atoms with Gasteiger partial charge in [0.2, 0.25) is 15.9 Å². The number of nitrogens with one attached hydrogen (secondary N) is 1. The third-order valence-corrected chi connectivity index (χ3v) is 5.01. The average molecular weight is 424 g/mol. The van der Waals surface area contributed by atoms with E-state index in [2.05, 4.69) is 14.9 Å². The van der Waals surface area contributed by atoms with Crippen LogP contribution in [0.2, 0.25) is 5.02 Å². The first-order chi connectivity index (χ1) is 12.8. The van der Waals surface area contributed by atoms with Gasteiger partial charge in [0, 0.05) is 21.8 Å². The molecule has 0 atom stereocenters. The molecule has 10 heteroatoms. The molecule has 0 radical (unpaired) electrons. The number of thioether (sulfide) groups is 1. The molecule has 0 unspecified atom stereocenters. The predicted molar refractivity (Wildman–Crippen MR) is 105 cm³/mol. The van der Waals surface area contributed by atoms with Crippen LogP contribution < -0.4 is 4.72 Å². The molecule has 1 N–H and O–H groups in total. The highest BCUT2D eigenvalue weighted by atomic mass is 35.5. The summed E-state index contributed by atoms with van der Waals surface area (Å²) in [6, 6.07) is 13.2. The Bertz CT molecular complexity index is 1050. The smallest absolute Gasteiger partial charge is 0.277 e. The number of rotatable bonds is 7. The van der Waals surface area contributed by atoms with Crippen molar-refractivity contribution in [3.63, 3.8) is 0 Å². The summed E-state index contributed by atoms with van der Waals surface area (Å²) in [4.78, 5) is 12.3. The Kier molecular flexibility index (Phi) is 5.83. The number of carbonyl (C=O) groups is 1. The van der Waals surface area contributed by atoms with Crippen molar-refractivity contribution in [2.75, 3.05) is 16.7 Å². The summed E-state index contributed by atoms with van der Waals surface area (Å²) in [7, 11) is -3.35. The molecule has 0 aliphatic rings. The molecule has 140 valence electrons. The number of Topliss-reactive ketones (excluding diaryl/α,β-unsaturated/α-hetero) is 1. The van der Waals surface area contributed by atoms with E-state index < -0.39 is 10.0 Å². The maximum atomic E-state index is 12.3. The van der Waals surface area contributed by atoms with Gasteiger partial charge in [-0.1, -0.05) is 23.4 Å². The maximum absolute atomic E-state index is 12.3. The SMILES string of the molecule is CS(=O)(=O)Nc1ccc(C(=O)CSc2nnc(-c3ccc(Cl)cc3)o2)cc1. The summed E-state index contributed by atoms with van der Waals surface area (Å²) >= 11 is 6.98. The standard InChI is InChI=1S/C17H14ClN3O4S2/c1-27(23,24)21-14-8-4-11(5-9-14)15(22)10-26-17-20-19-16(25-17)12-2-6-13(18)7-3-12/h2-9,21H,10H2,1H3. The molecule has 0 bridgehead atoms. The van der Waals surface area contributed by atoms with E-state index in [-0.39, 0.29) is 16.8 Å². The van der Waals surface area contributed by atoms with Crippen LogP contribution in [-0.2, 0) is 10.0 Å². The molecule has 0 fully saturated rings. The van der Waals surface area contributed by atoms with Gasteiger partial charge in [-0.05, 0) is 48.5 Å². The van der Waals surface area contributed by atoms with Crippen molar-refractivity contribution >= 4 is 44.9 Å². The molecule has 0 saturated heterocycles. The Morgan fingerprint density at radius 1 is 1.11 bits per heavy atom. The van der Waals surface area contributed by atoms with E-state index in [9.17, 15) is 13.2 Å². The molecule has 1 heterocycles. The lowest BCUT2D eigenvalue weighted by atomic mass is 10.1. The normalized spacial score (nSPS) is 11.3. The Morgan fingerprint density at radius 2 is 1.78 bits per heavy atom. The fourth-order valence-corrected chi connectivity index (χ4v) is 3.47. The number of benzene rings is 2. The summed E-state index contributed by atoms with van der Waals surface area (Å²) in [6.07, 6.45) is 1.06. The van der Waals surface area contributed by atoms with Gasteiger partial charge in [0.25, 0.3) is 5.22 Å². The zero-order valence-electron chi connectivity index (χ0n) is 14.0. The summed E-state index contributed by atoms with van der Waals surface area (Å²) in [5.74, 6) is 0.316. The summed E-state index contributed by atoms with van der Waals surface area (Å²) < 4.78 is 30.3. The van der Waals surface area contributed by atoms with Crippen LogP contribution in [0.3, 0.4) is 0 Å². The first-order valence-corrected chi connectivity index (χ1v) is 10.9. The van der Waals surface area contributed by atoms with Gasteiger partial charge >= 0.3 is 0 Å². The number of halogens is 1. The topological polar surface area (TPSA) is 102 Å². The van der Waals surface area contributed by atoms with E-state index >= 15 is 0 Å². The first-order valence-electron chi connectivity index (χ1n) is 7.63. The van der Waals surface area contributed by atoms with Gasteiger partial charge in [0.1, 0.15) is 0 Å². The Labute approximate surface area is 165 Å². The minimum absolute atomic E-state index is 0.112. The number of aromatic nitrogens is 2. The van der Waals surface area contributed by atoms with Crippen LogP contribution in [-0.4, -0.2) is 36.4 Å². The number of hydrogen-bond acceptors (Lipinski definition) is 7. The molecule has 7 nitrogen and oxygen atoms in total. The zero-order chi connectivity index (χ0) is 19.4. The molecule has 0 aliphatic carbocycles. The number of carbonyl (C=O) groups excluding carboxylic acids is 1.